The lowest BCUT2D eigenvalue weighted by Crippen LogP contribution is -2.41. The van der Waals surface area contributed by atoms with E-state index in [2.05, 4.69) is 18.5 Å². The molecule has 0 aliphatic heterocycles. The number of nitrogens with zero attached hydrogens (tertiary/aromatic N) is 3. The predicted octanol–water partition coefficient (Wildman–Crippen LogP) is 5.50. The summed E-state index contributed by atoms with van der Waals surface area (Å²) in [6.45, 7) is 14.0. The van der Waals surface area contributed by atoms with Crippen molar-refractivity contribution in [3.8, 4) is 0 Å². The molecule has 0 spiro atoms. The van der Waals surface area contributed by atoms with Crippen LogP contribution in [0.25, 0.3) is 0 Å². The normalized spacial score (nSPS) is 13.0. The number of carbonyl (C=O) groups excluding carboxylic acids is 3. The van der Waals surface area contributed by atoms with Crippen LogP contribution in [0.2, 0.25) is 5.02 Å². The number of ether oxygens (including phenoxy) is 1. The average molecular weight is 659 g/mol. The van der Waals surface area contributed by atoms with E-state index in [-0.39, 0.29) is 61.4 Å². The van der Waals surface area contributed by atoms with Crippen molar-refractivity contribution in [2.45, 2.75) is 50.5 Å². The van der Waals surface area contributed by atoms with E-state index in [0.717, 1.165) is 12.8 Å². The Morgan fingerprint density at radius 1 is 1.00 bits per heavy atom. The third kappa shape index (κ3) is 10.9. The highest BCUT2D eigenvalue weighted by atomic mass is 35.5. The summed E-state index contributed by atoms with van der Waals surface area (Å²) in [4.78, 5) is 41.7. The highest BCUT2D eigenvalue weighted by Gasteiger charge is 2.29. The second-order valence-corrected chi connectivity index (χ2v) is 14.1. The number of hydrogen-bond donors (Lipinski definition) is 1. The minimum absolute atomic E-state index is 0.0266. The van der Waals surface area contributed by atoms with Gasteiger partial charge in [0, 0.05) is 49.7 Å². The van der Waals surface area contributed by atoms with E-state index >= 15 is 0 Å². The van der Waals surface area contributed by atoms with Crippen molar-refractivity contribution in [1.82, 2.24) is 15.1 Å². The standard InChI is InChI=1S/C33H43ClN4O6S/c1-6-19-36(32(41)44-33(3,4)5)21-17-30(39)35-18-22-37(24-25-11-12-25)31(40)26-9-8-10-29(23-26)45(42,43)38(20-7-2)28-15-13-27(34)14-16-28/h6-10,13-16,23,25H,1-2,11-12,17-22,24H2,3-5H3,(H,35,39). The number of sulfonamides is 1. The Morgan fingerprint density at radius 3 is 2.27 bits per heavy atom. The average Bonchev–Trinajstić information content (AvgIpc) is 3.81. The van der Waals surface area contributed by atoms with Gasteiger partial charge in [0.1, 0.15) is 5.60 Å². The Balaban J connectivity index is 1.67. The van der Waals surface area contributed by atoms with Crippen LogP contribution in [0, 0.1) is 5.92 Å². The second kappa shape index (κ2) is 15.9. The van der Waals surface area contributed by atoms with Gasteiger partial charge in [-0.25, -0.2) is 13.2 Å². The van der Waals surface area contributed by atoms with Crippen molar-refractivity contribution in [1.29, 1.82) is 0 Å². The maximum absolute atomic E-state index is 13.7. The van der Waals surface area contributed by atoms with Gasteiger partial charge in [0.05, 0.1) is 17.1 Å². The fourth-order valence-electron chi connectivity index (χ4n) is 4.45. The first kappa shape index (κ1) is 35.6. The Bertz CT molecular complexity index is 1470. The molecular weight excluding hydrogens is 616 g/mol. The largest absolute Gasteiger partial charge is 0.444 e. The molecule has 45 heavy (non-hydrogen) atoms. The molecule has 2 aromatic carbocycles. The van der Waals surface area contributed by atoms with Gasteiger partial charge >= 0.3 is 6.09 Å². The summed E-state index contributed by atoms with van der Waals surface area (Å²) in [6, 6.07) is 12.4. The van der Waals surface area contributed by atoms with Crippen LogP contribution in [-0.4, -0.2) is 81.0 Å². The van der Waals surface area contributed by atoms with Gasteiger partial charge in [-0.2, -0.15) is 0 Å². The molecule has 1 saturated carbocycles. The Kier molecular flexibility index (Phi) is 12.6. The predicted molar refractivity (Wildman–Crippen MR) is 177 cm³/mol. The Morgan fingerprint density at radius 2 is 1.67 bits per heavy atom. The van der Waals surface area contributed by atoms with Gasteiger partial charge in [-0.05, 0) is 82.0 Å². The molecule has 2 aromatic rings. The highest BCUT2D eigenvalue weighted by Crippen LogP contribution is 2.30. The van der Waals surface area contributed by atoms with E-state index in [1.165, 1.54) is 27.4 Å². The number of rotatable bonds is 16. The van der Waals surface area contributed by atoms with Crippen LogP contribution in [0.15, 0.2) is 78.7 Å². The fraction of sp³-hybridized carbons (Fsp3) is 0.424. The van der Waals surface area contributed by atoms with Gasteiger partial charge in [-0.1, -0.05) is 29.8 Å². The first-order valence-corrected chi connectivity index (χ1v) is 16.7. The summed E-state index contributed by atoms with van der Waals surface area (Å²) in [5.41, 5.74) is -0.0159. The van der Waals surface area contributed by atoms with E-state index in [0.29, 0.717) is 23.2 Å². The first-order chi connectivity index (χ1) is 21.2. The maximum atomic E-state index is 13.7. The van der Waals surface area contributed by atoms with Crippen molar-refractivity contribution in [3.05, 3.63) is 84.4 Å². The summed E-state index contributed by atoms with van der Waals surface area (Å²) in [6.07, 6.45) is 4.59. The van der Waals surface area contributed by atoms with E-state index in [1.54, 1.807) is 68.1 Å². The Labute approximate surface area is 271 Å². The van der Waals surface area contributed by atoms with E-state index < -0.39 is 21.7 Å². The quantitative estimate of drug-likeness (QED) is 0.238. The van der Waals surface area contributed by atoms with Crippen LogP contribution < -0.4 is 9.62 Å². The van der Waals surface area contributed by atoms with Crippen molar-refractivity contribution in [2.75, 3.05) is 43.6 Å². The fourth-order valence-corrected chi connectivity index (χ4v) is 6.06. The van der Waals surface area contributed by atoms with Crippen LogP contribution >= 0.6 is 11.6 Å². The highest BCUT2D eigenvalue weighted by molar-refractivity contribution is 7.92. The molecule has 3 rings (SSSR count). The monoisotopic (exact) mass is 658 g/mol. The first-order valence-electron chi connectivity index (χ1n) is 14.9. The van der Waals surface area contributed by atoms with Crippen molar-refractivity contribution in [2.24, 2.45) is 5.92 Å². The van der Waals surface area contributed by atoms with Crippen molar-refractivity contribution < 1.29 is 27.5 Å². The topological polar surface area (TPSA) is 116 Å². The minimum Gasteiger partial charge on any atom is -0.444 e. The van der Waals surface area contributed by atoms with Crippen LogP contribution in [0.4, 0.5) is 10.5 Å². The third-order valence-corrected chi connectivity index (χ3v) is 8.90. The molecule has 0 bridgehead atoms. The molecule has 12 heteroatoms. The zero-order valence-corrected chi connectivity index (χ0v) is 27.8. The maximum Gasteiger partial charge on any atom is 0.410 e. The summed E-state index contributed by atoms with van der Waals surface area (Å²) >= 11 is 6.00. The molecule has 244 valence electrons. The van der Waals surface area contributed by atoms with Gasteiger partial charge in [0.15, 0.2) is 0 Å². The van der Waals surface area contributed by atoms with Gasteiger partial charge in [0.25, 0.3) is 15.9 Å². The molecule has 0 unspecified atom stereocenters. The third-order valence-electron chi connectivity index (χ3n) is 6.86. The lowest BCUT2D eigenvalue weighted by Gasteiger charge is -2.26. The summed E-state index contributed by atoms with van der Waals surface area (Å²) < 4.78 is 34.0. The minimum atomic E-state index is -4.04. The van der Waals surface area contributed by atoms with Gasteiger partial charge < -0.3 is 19.9 Å². The van der Waals surface area contributed by atoms with Crippen molar-refractivity contribution in [3.63, 3.8) is 0 Å². The molecule has 1 N–H and O–H groups in total. The van der Waals surface area contributed by atoms with Crippen LogP contribution in [-0.2, 0) is 19.6 Å². The van der Waals surface area contributed by atoms with Crippen LogP contribution in [0.5, 0.6) is 0 Å². The number of anilines is 1. The van der Waals surface area contributed by atoms with Crippen LogP contribution in [0.3, 0.4) is 0 Å². The second-order valence-electron chi connectivity index (χ2n) is 11.8. The molecule has 3 amide bonds. The smallest absolute Gasteiger partial charge is 0.410 e. The SMILES string of the molecule is C=CCN(CCC(=O)NCCN(CC1CC1)C(=O)c1cccc(S(=O)(=O)N(CC=C)c2ccc(Cl)cc2)c1)C(=O)OC(C)(C)C. The lowest BCUT2D eigenvalue weighted by atomic mass is 10.2. The molecule has 0 saturated heterocycles. The van der Waals surface area contributed by atoms with Gasteiger partial charge in [0.2, 0.25) is 5.91 Å². The molecule has 1 fully saturated rings. The summed E-state index contributed by atoms with van der Waals surface area (Å²) in [7, 11) is -4.04. The molecule has 0 aromatic heterocycles. The van der Waals surface area contributed by atoms with E-state index in [9.17, 15) is 22.8 Å². The summed E-state index contributed by atoms with van der Waals surface area (Å²) in [5, 5.41) is 3.30. The zero-order valence-electron chi connectivity index (χ0n) is 26.2. The number of halogens is 1. The van der Waals surface area contributed by atoms with E-state index in [4.69, 9.17) is 16.3 Å². The Hall–Kier alpha value is -3.83. The van der Waals surface area contributed by atoms with Crippen molar-refractivity contribution >= 4 is 45.2 Å². The molecular formula is C33H43ClN4O6S. The molecule has 1 aliphatic rings. The number of amides is 3. The molecule has 10 nitrogen and oxygen atoms in total. The lowest BCUT2D eigenvalue weighted by molar-refractivity contribution is -0.121. The van der Waals surface area contributed by atoms with Gasteiger partial charge in [-0.15, -0.1) is 13.2 Å². The zero-order chi connectivity index (χ0) is 33.2. The summed E-state index contributed by atoms with van der Waals surface area (Å²) in [5.74, 6) is -0.230. The van der Waals surface area contributed by atoms with Gasteiger partial charge in [-0.3, -0.25) is 13.9 Å². The number of carbonyl (C=O) groups is 3. The number of nitrogens with one attached hydrogen (secondary N) is 1. The molecule has 0 heterocycles. The number of benzene rings is 2. The van der Waals surface area contributed by atoms with Crippen LogP contribution in [0.1, 0.15) is 50.4 Å². The molecule has 0 atom stereocenters. The van der Waals surface area contributed by atoms with E-state index in [1.807, 2.05) is 0 Å². The molecule has 1 aliphatic carbocycles. The molecule has 0 radical (unpaired) electrons. The number of hydrogen-bond acceptors (Lipinski definition) is 6.